The lowest BCUT2D eigenvalue weighted by Gasteiger charge is -2.01. The van der Waals surface area contributed by atoms with Crippen LogP contribution < -0.4 is 10.5 Å². The standard InChI is InChI=1S/C11H15N3O/c1-8-4-3-5-9-10(8)11(13-14(9)2)15-7-6-12/h3-5H,6-7,12H2,1-2H3. The first-order valence-corrected chi connectivity index (χ1v) is 4.99. The van der Waals surface area contributed by atoms with Crippen LogP contribution in [-0.4, -0.2) is 22.9 Å². The Morgan fingerprint density at radius 2 is 2.27 bits per heavy atom. The van der Waals surface area contributed by atoms with Crippen LogP contribution in [0.2, 0.25) is 0 Å². The lowest BCUT2D eigenvalue weighted by atomic mass is 10.1. The normalized spacial score (nSPS) is 10.9. The van der Waals surface area contributed by atoms with Crippen molar-refractivity contribution in [2.24, 2.45) is 12.8 Å². The average molecular weight is 205 g/mol. The molecule has 0 spiro atoms. The molecule has 1 heterocycles. The number of hydrogen-bond acceptors (Lipinski definition) is 3. The lowest BCUT2D eigenvalue weighted by Crippen LogP contribution is -2.11. The summed E-state index contributed by atoms with van der Waals surface area (Å²) in [5, 5.41) is 5.40. The van der Waals surface area contributed by atoms with Crippen LogP contribution in [0.15, 0.2) is 18.2 Å². The molecule has 0 saturated heterocycles. The van der Waals surface area contributed by atoms with Crippen LogP contribution in [0.25, 0.3) is 10.9 Å². The number of rotatable bonds is 3. The Balaban J connectivity index is 2.54. The van der Waals surface area contributed by atoms with Crippen molar-refractivity contribution in [1.29, 1.82) is 0 Å². The van der Waals surface area contributed by atoms with Crippen molar-refractivity contribution in [2.75, 3.05) is 13.2 Å². The monoisotopic (exact) mass is 205 g/mol. The molecule has 1 aromatic heterocycles. The number of fused-ring (bicyclic) bond motifs is 1. The summed E-state index contributed by atoms with van der Waals surface area (Å²) < 4.78 is 7.34. The van der Waals surface area contributed by atoms with Crippen LogP contribution in [0.3, 0.4) is 0 Å². The van der Waals surface area contributed by atoms with Crippen molar-refractivity contribution in [2.45, 2.75) is 6.92 Å². The van der Waals surface area contributed by atoms with Crippen LogP contribution in [0.1, 0.15) is 5.56 Å². The molecule has 0 bridgehead atoms. The van der Waals surface area contributed by atoms with E-state index in [4.69, 9.17) is 10.5 Å². The minimum absolute atomic E-state index is 0.500. The fourth-order valence-corrected chi connectivity index (χ4v) is 1.70. The van der Waals surface area contributed by atoms with Crippen molar-refractivity contribution < 1.29 is 4.74 Å². The summed E-state index contributed by atoms with van der Waals surface area (Å²) in [5.74, 6) is 0.677. The highest BCUT2D eigenvalue weighted by Gasteiger charge is 2.10. The second-order valence-corrected chi connectivity index (χ2v) is 3.53. The summed E-state index contributed by atoms with van der Waals surface area (Å²) in [5.41, 5.74) is 7.66. The van der Waals surface area contributed by atoms with E-state index in [1.807, 2.05) is 23.9 Å². The molecule has 2 rings (SSSR count). The molecule has 0 radical (unpaired) electrons. The van der Waals surface area contributed by atoms with E-state index in [0.29, 0.717) is 19.0 Å². The number of nitrogens with zero attached hydrogens (tertiary/aromatic N) is 2. The molecule has 0 fully saturated rings. The summed E-state index contributed by atoms with van der Waals surface area (Å²) in [6, 6.07) is 6.11. The molecular weight excluding hydrogens is 190 g/mol. The van der Waals surface area contributed by atoms with Crippen molar-refractivity contribution in [3.8, 4) is 5.88 Å². The van der Waals surface area contributed by atoms with Gasteiger partial charge in [0.2, 0.25) is 5.88 Å². The number of aromatic nitrogens is 2. The molecule has 0 saturated carbocycles. The second-order valence-electron chi connectivity index (χ2n) is 3.53. The summed E-state index contributed by atoms with van der Waals surface area (Å²) in [4.78, 5) is 0. The molecule has 0 unspecified atom stereocenters. The van der Waals surface area contributed by atoms with Gasteiger partial charge in [0.25, 0.3) is 0 Å². The van der Waals surface area contributed by atoms with Crippen LogP contribution in [-0.2, 0) is 7.05 Å². The van der Waals surface area contributed by atoms with Gasteiger partial charge in [-0.2, -0.15) is 0 Å². The Morgan fingerprint density at radius 3 is 3.00 bits per heavy atom. The zero-order valence-electron chi connectivity index (χ0n) is 9.03. The van der Waals surface area contributed by atoms with Gasteiger partial charge in [-0.1, -0.05) is 12.1 Å². The van der Waals surface area contributed by atoms with E-state index in [2.05, 4.69) is 18.1 Å². The number of nitrogens with two attached hydrogens (primary N) is 1. The molecule has 4 nitrogen and oxygen atoms in total. The van der Waals surface area contributed by atoms with Gasteiger partial charge in [0.15, 0.2) is 0 Å². The molecule has 15 heavy (non-hydrogen) atoms. The Hall–Kier alpha value is -1.55. The number of aryl methyl sites for hydroxylation is 2. The van der Waals surface area contributed by atoms with Gasteiger partial charge in [0, 0.05) is 13.6 Å². The van der Waals surface area contributed by atoms with E-state index < -0.39 is 0 Å². The largest absolute Gasteiger partial charge is 0.475 e. The first kappa shape index (κ1) is 9.98. The van der Waals surface area contributed by atoms with Crippen molar-refractivity contribution in [1.82, 2.24) is 9.78 Å². The summed E-state index contributed by atoms with van der Waals surface area (Å²) >= 11 is 0. The Bertz CT molecular complexity index is 476. The minimum atomic E-state index is 0.500. The molecule has 80 valence electrons. The zero-order valence-corrected chi connectivity index (χ0v) is 9.03. The second kappa shape index (κ2) is 3.90. The maximum absolute atomic E-state index is 5.51. The summed E-state index contributed by atoms with van der Waals surface area (Å²) in [6.07, 6.45) is 0. The Kier molecular flexibility index (Phi) is 2.60. The SMILES string of the molecule is Cc1cccc2c1c(OCCN)nn2C. The Morgan fingerprint density at radius 1 is 1.47 bits per heavy atom. The third kappa shape index (κ3) is 1.68. The van der Waals surface area contributed by atoms with E-state index in [1.54, 1.807) is 0 Å². The third-order valence-electron chi connectivity index (χ3n) is 2.41. The van der Waals surface area contributed by atoms with Crippen LogP contribution in [0.5, 0.6) is 5.88 Å². The van der Waals surface area contributed by atoms with Crippen molar-refractivity contribution in [3.05, 3.63) is 23.8 Å². The molecule has 4 heteroatoms. The minimum Gasteiger partial charge on any atom is -0.475 e. The molecule has 0 aliphatic carbocycles. The lowest BCUT2D eigenvalue weighted by molar-refractivity contribution is 0.315. The zero-order chi connectivity index (χ0) is 10.8. The molecule has 0 atom stereocenters. The number of ether oxygens (including phenoxy) is 1. The average Bonchev–Trinajstić information content (AvgIpc) is 2.55. The highest BCUT2D eigenvalue weighted by atomic mass is 16.5. The quantitative estimate of drug-likeness (QED) is 0.819. The van der Waals surface area contributed by atoms with E-state index in [-0.39, 0.29) is 0 Å². The van der Waals surface area contributed by atoms with Gasteiger partial charge in [-0.15, -0.1) is 5.10 Å². The van der Waals surface area contributed by atoms with Crippen molar-refractivity contribution in [3.63, 3.8) is 0 Å². The fourth-order valence-electron chi connectivity index (χ4n) is 1.70. The highest BCUT2D eigenvalue weighted by Crippen LogP contribution is 2.27. The highest BCUT2D eigenvalue weighted by molar-refractivity contribution is 5.87. The van der Waals surface area contributed by atoms with Gasteiger partial charge in [-0.25, -0.2) is 0 Å². The first-order chi connectivity index (χ1) is 7.24. The molecule has 0 aliphatic heterocycles. The van der Waals surface area contributed by atoms with Gasteiger partial charge < -0.3 is 10.5 Å². The molecular formula is C11H15N3O. The van der Waals surface area contributed by atoms with E-state index in [0.717, 1.165) is 10.9 Å². The van der Waals surface area contributed by atoms with Gasteiger partial charge in [0.1, 0.15) is 6.61 Å². The first-order valence-electron chi connectivity index (χ1n) is 4.99. The van der Waals surface area contributed by atoms with E-state index in [1.165, 1.54) is 5.56 Å². The molecule has 0 aliphatic rings. The third-order valence-corrected chi connectivity index (χ3v) is 2.41. The Labute approximate surface area is 88.6 Å². The predicted octanol–water partition coefficient (Wildman–Crippen LogP) is 1.22. The molecule has 2 aromatic rings. The topological polar surface area (TPSA) is 53.1 Å². The van der Waals surface area contributed by atoms with Gasteiger partial charge in [-0.3, -0.25) is 4.68 Å². The summed E-state index contributed by atoms with van der Waals surface area (Å²) in [6.45, 7) is 3.06. The van der Waals surface area contributed by atoms with Crippen LogP contribution in [0, 0.1) is 6.92 Å². The summed E-state index contributed by atoms with van der Waals surface area (Å²) in [7, 11) is 1.91. The van der Waals surface area contributed by atoms with Crippen LogP contribution in [0.4, 0.5) is 0 Å². The molecule has 0 amide bonds. The molecule has 2 N–H and O–H groups in total. The van der Waals surface area contributed by atoms with Gasteiger partial charge in [-0.05, 0) is 18.6 Å². The fraction of sp³-hybridized carbons (Fsp3) is 0.364. The maximum Gasteiger partial charge on any atom is 0.241 e. The maximum atomic E-state index is 5.51. The van der Waals surface area contributed by atoms with E-state index in [9.17, 15) is 0 Å². The van der Waals surface area contributed by atoms with E-state index >= 15 is 0 Å². The molecule has 1 aromatic carbocycles. The number of hydrogen-bond donors (Lipinski definition) is 1. The van der Waals surface area contributed by atoms with Crippen LogP contribution >= 0.6 is 0 Å². The van der Waals surface area contributed by atoms with Gasteiger partial charge in [0.05, 0.1) is 10.9 Å². The predicted molar refractivity (Wildman–Crippen MR) is 60.0 cm³/mol. The smallest absolute Gasteiger partial charge is 0.241 e. The van der Waals surface area contributed by atoms with Gasteiger partial charge >= 0.3 is 0 Å². The number of benzene rings is 1. The van der Waals surface area contributed by atoms with Crippen molar-refractivity contribution >= 4 is 10.9 Å².